The van der Waals surface area contributed by atoms with Crippen LogP contribution in [0.4, 0.5) is 5.82 Å². The summed E-state index contributed by atoms with van der Waals surface area (Å²) >= 11 is 0. The molecule has 0 N–H and O–H groups in total. The Bertz CT molecular complexity index is 429. The smallest absolute Gasteiger partial charge is 0.406 e. The van der Waals surface area contributed by atoms with Crippen molar-refractivity contribution in [1.82, 2.24) is 4.98 Å². The van der Waals surface area contributed by atoms with Crippen LogP contribution in [0, 0.1) is 10.1 Å². The van der Waals surface area contributed by atoms with Gasteiger partial charge in [0.25, 0.3) is 0 Å². The van der Waals surface area contributed by atoms with E-state index in [1.165, 1.54) is 12.3 Å². The second kappa shape index (κ2) is 4.57. The Balaban J connectivity index is 2.24. The van der Waals surface area contributed by atoms with Gasteiger partial charge in [0.2, 0.25) is 5.75 Å². The summed E-state index contributed by atoms with van der Waals surface area (Å²) in [7, 11) is 0. The number of rotatable bonds is 5. The maximum atomic E-state index is 10.8. The predicted molar refractivity (Wildman–Crippen MR) is 60.3 cm³/mol. The van der Waals surface area contributed by atoms with E-state index in [1.54, 1.807) is 13.8 Å². The van der Waals surface area contributed by atoms with Crippen LogP contribution in [0.2, 0.25) is 0 Å². The molecule has 0 unspecified atom stereocenters. The fourth-order valence-corrected chi connectivity index (χ4v) is 1.34. The highest BCUT2D eigenvalue weighted by molar-refractivity contribution is 5.44. The molecule has 0 aromatic carbocycles. The van der Waals surface area contributed by atoms with E-state index in [-0.39, 0.29) is 23.8 Å². The third kappa shape index (κ3) is 3.05. The Labute approximate surface area is 98.7 Å². The summed E-state index contributed by atoms with van der Waals surface area (Å²) < 4.78 is 10.9. The summed E-state index contributed by atoms with van der Waals surface area (Å²) in [6.45, 7) is 3.61. The molecule has 1 fully saturated rings. The number of hydrogen-bond acceptors (Lipinski definition) is 5. The quantitative estimate of drug-likeness (QED) is 0.581. The Kier molecular flexibility index (Phi) is 3.12. The van der Waals surface area contributed by atoms with Gasteiger partial charge in [-0.2, -0.15) is 0 Å². The van der Waals surface area contributed by atoms with Crippen molar-refractivity contribution in [2.45, 2.75) is 38.9 Å². The van der Waals surface area contributed by atoms with Crippen molar-refractivity contribution in [2.75, 3.05) is 0 Å². The monoisotopic (exact) mass is 238 g/mol. The minimum absolute atomic E-state index is 0.147. The van der Waals surface area contributed by atoms with E-state index >= 15 is 0 Å². The molecule has 6 heteroatoms. The van der Waals surface area contributed by atoms with Gasteiger partial charge >= 0.3 is 5.82 Å². The van der Waals surface area contributed by atoms with Crippen LogP contribution < -0.4 is 9.47 Å². The molecule has 1 heterocycles. The number of nitrogens with zero attached hydrogens (tertiary/aromatic N) is 2. The van der Waals surface area contributed by atoms with Gasteiger partial charge in [0.15, 0.2) is 11.9 Å². The van der Waals surface area contributed by atoms with Crippen LogP contribution in [0.5, 0.6) is 11.5 Å². The van der Waals surface area contributed by atoms with Gasteiger partial charge in [-0.15, -0.1) is 0 Å². The van der Waals surface area contributed by atoms with Crippen molar-refractivity contribution in [3.05, 3.63) is 22.4 Å². The molecule has 0 atom stereocenters. The van der Waals surface area contributed by atoms with Crippen molar-refractivity contribution in [3.63, 3.8) is 0 Å². The zero-order valence-electron chi connectivity index (χ0n) is 9.75. The zero-order valence-corrected chi connectivity index (χ0v) is 9.75. The van der Waals surface area contributed by atoms with E-state index in [4.69, 9.17) is 9.47 Å². The van der Waals surface area contributed by atoms with Gasteiger partial charge in [0, 0.05) is 6.07 Å². The third-order valence-electron chi connectivity index (χ3n) is 2.17. The average molecular weight is 238 g/mol. The van der Waals surface area contributed by atoms with Gasteiger partial charge in [-0.3, -0.25) is 0 Å². The average Bonchev–Trinajstić information content (AvgIpc) is 3.00. The van der Waals surface area contributed by atoms with Crippen molar-refractivity contribution in [3.8, 4) is 11.5 Å². The molecule has 0 aliphatic heterocycles. The number of hydrogen-bond donors (Lipinski definition) is 0. The molecular formula is C11H14N2O4. The van der Waals surface area contributed by atoms with Crippen LogP contribution in [0.25, 0.3) is 0 Å². The molecular weight excluding hydrogens is 224 g/mol. The molecule has 0 saturated heterocycles. The first-order valence-corrected chi connectivity index (χ1v) is 5.54. The van der Waals surface area contributed by atoms with Crippen LogP contribution in [0.1, 0.15) is 26.7 Å². The Morgan fingerprint density at radius 2 is 2.24 bits per heavy atom. The summed E-state index contributed by atoms with van der Waals surface area (Å²) in [4.78, 5) is 14.0. The number of nitro groups is 1. The molecule has 0 spiro atoms. The Morgan fingerprint density at radius 3 is 2.76 bits per heavy atom. The lowest BCUT2D eigenvalue weighted by molar-refractivity contribution is -0.390. The maximum Gasteiger partial charge on any atom is 0.406 e. The SMILES string of the molecule is CC(C)Oc1cc(OC2CC2)cnc1[N+](=O)[O-]. The molecule has 1 saturated carbocycles. The molecule has 0 radical (unpaired) electrons. The van der Waals surface area contributed by atoms with Gasteiger partial charge in [0.05, 0.1) is 12.2 Å². The lowest BCUT2D eigenvalue weighted by Gasteiger charge is -2.10. The molecule has 92 valence electrons. The van der Waals surface area contributed by atoms with Gasteiger partial charge in [-0.05, 0) is 36.6 Å². The van der Waals surface area contributed by atoms with E-state index in [1.807, 2.05) is 0 Å². The van der Waals surface area contributed by atoms with E-state index in [2.05, 4.69) is 4.98 Å². The van der Waals surface area contributed by atoms with E-state index in [0.717, 1.165) is 12.8 Å². The summed E-state index contributed by atoms with van der Waals surface area (Å²) in [5.74, 6) is 0.402. The van der Waals surface area contributed by atoms with E-state index in [9.17, 15) is 10.1 Å². The largest absolute Gasteiger partial charge is 0.486 e. The molecule has 1 aromatic heterocycles. The van der Waals surface area contributed by atoms with Crippen LogP contribution >= 0.6 is 0 Å². The van der Waals surface area contributed by atoms with E-state index < -0.39 is 4.92 Å². The second-order valence-electron chi connectivity index (χ2n) is 4.23. The molecule has 0 amide bonds. The number of pyridine rings is 1. The molecule has 1 aliphatic rings. The first-order valence-electron chi connectivity index (χ1n) is 5.54. The summed E-state index contributed by atoms with van der Waals surface area (Å²) in [5, 5.41) is 10.8. The topological polar surface area (TPSA) is 74.5 Å². The van der Waals surface area contributed by atoms with Crippen molar-refractivity contribution in [2.24, 2.45) is 0 Å². The fourth-order valence-electron chi connectivity index (χ4n) is 1.34. The molecule has 0 bridgehead atoms. The van der Waals surface area contributed by atoms with Gasteiger partial charge in [-0.1, -0.05) is 0 Å². The Morgan fingerprint density at radius 1 is 1.53 bits per heavy atom. The Hall–Kier alpha value is -1.85. The van der Waals surface area contributed by atoms with Crippen molar-refractivity contribution < 1.29 is 14.4 Å². The van der Waals surface area contributed by atoms with Gasteiger partial charge < -0.3 is 19.6 Å². The van der Waals surface area contributed by atoms with Gasteiger partial charge in [-0.25, -0.2) is 0 Å². The van der Waals surface area contributed by atoms with Crippen LogP contribution in [0.15, 0.2) is 12.3 Å². The lowest BCUT2D eigenvalue weighted by atomic mass is 10.4. The molecule has 2 rings (SSSR count). The van der Waals surface area contributed by atoms with Crippen LogP contribution in [0.3, 0.4) is 0 Å². The normalized spacial score (nSPS) is 14.8. The number of aromatic nitrogens is 1. The second-order valence-corrected chi connectivity index (χ2v) is 4.23. The predicted octanol–water partition coefficient (Wildman–Crippen LogP) is 2.32. The first kappa shape index (κ1) is 11.6. The van der Waals surface area contributed by atoms with Crippen molar-refractivity contribution >= 4 is 5.82 Å². The third-order valence-corrected chi connectivity index (χ3v) is 2.17. The summed E-state index contributed by atoms with van der Waals surface area (Å²) in [6, 6.07) is 1.53. The number of ether oxygens (including phenoxy) is 2. The lowest BCUT2D eigenvalue weighted by Crippen LogP contribution is -2.09. The van der Waals surface area contributed by atoms with E-state index in [0.29, 0.717) is 5.75 Å². The first-order chi connectivity index (χ1) is 8.06. The highest BCUT2D eigenvalue weighted by Gasteiger charge is 2.26. The molecule has 6 nitrogen and oxygen atoms in total. The molecule has 1 aliphatic carbocycles. The molecule has 17 heavy (non-hydrogen) atoms. The molecule has 1 aromatic rings. The minimum atomic E-state index is -0.557. The standard InChI is InChI=1S/C11H14N2O4/c1-7(2)16-10-5-9(17-8-3-4-8)6-12-11(10)13(14)15/h5-8H,3-4H2,1-2H3. The highest BCUT2D eigenvalue weighted by Crippen LogP contribution is 2.32. The summed E-state index contributed by atoms with van der Waals surface area (Å²) in [5.41, 5.74) is 0. The summed E-state index contributed by atoms with van der Waals surface area (Å²) in [6.07, 6.45) is 3.50. The van der Waals surface area contributed by atoms with Gasteiger partial charge in [0.1, 0.15) is 0 Å². The highest BCUT2D eigenvalue weighted by atomic mass is 16.6. The van der Waals surface area contributed by atoms with Crippen LogP contribution in [-0.4, -0.2) is 22.1 Å². The van der Waals surface area contributed by atoms with Crippen LogP contribution in [-0.2, 0) is 0 Å². The zero-order chi connectivity index (χ0) is 12.4. The van der Waals surface area contributed by atoms with Crippen molar-refractivity contribution in [1.29, 1.82) is 0 Å². The maximum absolute atomic E-state index is 10.8. The fraction of sp³-hybridized carbons (Fsp3) is 0.545. The minimum Gasteiger partial charge on any atom is -0.486 e.